The summed E-state index contributed by atoms with van der Waals surface area (Å²) < 4.78 is 12.2. The van der Waals surface area contributed by atoms with Gasteiger partial charge in [0.2, 0.25) is 0 Å². The number of nitrogens with zero attached hydrogens (tertiary/aromatic N) is 4. The number of aromatic nitrogens is 1. The average Bonchev–Trinajstić information content (AvgIpc) is 3.83. The number of aliphatic hydroxyl groups is 1. The molecule has 39 heavy (non-hydrogen) atoms. The molecule has 7 N–H and O–H groups in total. The van der Waals surface area contributed by atoms with Gasteiger partial charge in [-0.1, -0.05) is 6.07 Å². The largest absolute Gasteiger partial charge is 0.494 e. The summed E-state index contributed by atoms with van der Waals surface area (Å²) in [4.78, 5) is 42.0. The smallest absolute Gasteiger partial charge is 0.339 e. The molecule has 0 unspecified atom stereocenters. The molecule has 2 amide bonds. The topological polar surface area (TPSA) is 199 Å². The van der Waals surface area contributed by atoms with Gasteiger partial charge in [0.1, 0.15) is 5.49 Å². The number of carbonyl (C=O) groups is 3. The van der Waals surface area contributed by atoms with E-state index < -0.39 is 17.5 Å². The summed E-state index contributed by atoms with van der Waals surface area (Å²) in [5, 5.41) is 20.9. The number of methoxy groups -OCH3 is 1. The van der Waals surface area contributed by atoms with E-state index >= 15 is 0 Å². The Morgan fingerprint density at radius 1 is 1.23 bits per heavy atom. The maximum atomic E-state index is 12.9. The van der Waals surface area contributed by atoms with Gasteiger partial charge in [-0.15, -0.1) is 5.10 Å². The van der Waals surface area contributed by atoms with Crippen LogP contribution < -0.4 is 32.4 Å². The lowest BCUT2D eigenvalue weighted by Gasteiger charge is -2.19. The number of hydrogen-bond donors (Lipinski definition) is 5. The SMILES string of the molecule is CNC(=O)c1cn(COC(=O)C2(O)CC2)/c(=N/C(=O)C2CC2)cc1Nc1cccc(/C(N)=N/N(C)N)c1OC. The fourth-order valence-electron chi connectivity index (χ4n) is 3.75. The summed E-state index contributed by atoms with van der Waals surface area (Å²) in [6.07, 6.45) is 3.54. The lowest BCUT2D eigenvalue weighted by Crippen LogP contribution is -2.31. The van der Waals surface area contributed by atoms with Crippen molar-refractivity contribution in [1.29, 1.82) is 0 Å². The van der Waals surface area contributed by atoms with Gasteiger partial charge in [-0.3, -0.25) is 14.2 Å². The number of esters is 1. The number of nitrogens with two attached hydrogens (primary N) is 2. The number of amidine groups is 1. The summed E-state index contributed by atoms with van der Waals surface area (Å²) in [5.41, 5.74) is 6.11. The molecule has 0 atom stereocenters. The molecule has 0 spiro atoms. The van der Waals surface area contributed by atoms with Crippen LogP contribution >= 0.6 is 0 Å². The van der Waals surface area contributed by atoms with Crippen molar-refractivity contribution >= 4 is 35.0 Å². The third kappa shape index (κ3) is 6.35. The van der Waals surface area contributed by atoms with Crippen LogP contribution in [0.4, 0.5) is 11.4 Å². The summed E-state index contributed by atoms with van der Waals surface area (Å²) in [7, 11) is 4.45. The molecule has 1 aromatic carbocycles. The Kier molecular flexibility index (Phi) is 7.88. The minimum absolute atomic E-state index is 0.0998. The first-order valence-corrected chi connectivity index (χ1v) is 12.3. The van der Waals surface area contributed by atoms with Gasteiger partial charge in [0.15, 0.2) is 23.9 Å². The number of pyridine rings is 1. The zero-order valence-electron chi connectivity index (χ0n) is 21.9. The molecule has 4 rings (SSSR count). The zero-order valence-corrected chi connectivity index (χ0v) is 21.9. The van der Waals surface area contributed by atoms with E-state index in [4.69, 9.17) is 21.1 Å². The molecule has 208 valence electrons. The number of ether oxygens (including phenoxy) is 2. The van der Waals surface area contributed by atoms with Crippen molar-refractivity contribution in [3.63, 3.8) is 0 Å². The number of anilines is 2. The number of para-hydroxylation sites is 1. The van der Waals surface area contributed by atoms with Crippen molar-refractivity contribution < 1.29 is 29.0 Å². The number of rotatable bonds is 10. The van der Waals surface area contributed by atoms with Crippen molar-refractivity contribution in [2.24, 2.45) is 27.6 Å². The molecular weight excluding hydrogens is 508 g/mol. The first kappa shape index (κ1) is 27.6. The van der Waals surface area contributed by atoms with Gasteiger partial charge in [0, 0.05) is 32.3 Å². The summed E-state index contributed by atoms with van der Waals surface area (Å²) in [5.74, 6) is 4.32. The van der Waals surface area contributed by atoms with Crippen LogP contribution in [0.25, 0.3) is 0 Å². The van der Waals surface area contributed by atoms with Crippen molar-refractivity contribution in [3.8, 4) is 5.75 Å². The minimum Gasteiger partial charge on any atom is -0.494 e. The lowest BCUT2D eigenvalue weighted by atomic mass is 10.1. The quantitative estimate of drug-likeness (QED) is 0.0890. The summed E-state index contributed by atoms with van der Waals surface area (Å²) >= 11 is 0. The Balaban J connectivity index is 1.79. The molecule has 2 fully saturated rings. The van der Waals surface area contributed by atoms with E-state index in [1.807, 2.05) is 0 Å². The Morgan fingerprint density at radius 2 is 1.95 bits per heavy atom. The van der Waals surface area contributed by atoms with E-state index in [0.29, 0.717) is 35.5 Å². The van der Waals surface area contributed by atoms with Gasteiger partial charge in [-0.25, -0.2) is 15.8 Å². The molecular formula is C25H32N8O6. The summed E-state index contributed by atoms with van der Waals surface area (Å²) in [6, 6.07) is 6.62. The fraction of sp³-hybridized carbons (Fsp3) is 0.400. The maximum Gasteiger partial charge on any atom is 0.339 e. The highest BCUT2D eigenvalue weighted by atomic mass is 16.6. The van der Waals surface area contributed by atoms with Crippen LogP contribution in [0.2, 0.25) is 0 Å². The second kappa shape index (κ2) is 11.1. The Morgan fingerprint density at radius 3 is 2.54 bits per heavy atom. The van der Waals surface area contributed by atoms with E-state index in [9.17, 15) is 19.5 Å². The second-order valence-electron chi connectivity index (χ2n) is 9.39. The number of nitrogens with one attached hydrogen (secondary N) is 2. The van der Waals surface area contributed by atoms with Crippen LogP contribution in [-0.4, -0.2) is 65.2 Å². The van der Waals surface area contributed by atoms with E-state index in [1.54, 1.807) is 18.2 Å². The number of carbonyl (C=O) groups excluding carboxylic acids is 3. The van der Waals surface area contributed by atoms with Crippen LogP contribution in [0.15, 0.2) is 40.6 Å². The highest BCUT2D eigenvalue weighted by Crippen LogP contribution is 2.36. The van der Waals surface area contributed by atoms with Crippen molar-refractivity contribution in [2.75, 3.05) is 26.5 Å². The number of benzene rings is 1. The van der Waals surface area contributed by atoms with E-state index in [0.717, 1.165) is 18.0 Å². The Bertz CT molecular complexity index is 1390. The van der Waals surface area contributed by atoms with Crippen molar-refractivity contribution in [3.05, 3.63) is 47.1 Å². The molecule has 0 radical (unpaired) electrons. The molecule has 1 aromatic heterocycles. The van der Waals surface area contributed by atoms with Crippen LogP contribution in [-0.2, 0) is 21.1 Å². The molecule has 14 nitrogen and oxygen atoms in total. The van der Waals surface area contributed by atoms with Crippen molar-refractivity contribution in [1.82, 2.24) is 15.0 Å². The first-order chi connectivity index (χ1) is 18.6. The average molecular weight is 541 g/mol. The molecule has 0 saturated heterocycles. The fourth-order valence-corrected chi connectivity index (χ4v) is 3.75. The number of amides is 2. The first-order valence-electron chi connectivity index (χ1n) is 12.3. The second-order valence-corrected chi connectivity index (χ2v) is 9.39. The molecule has 1 heterocycles. The van der Waals surface area contributed by atoms with Gasteiger partial charge >= 0.3 is 5.97 Å². The van der Waals surface area contributed by atoms with Crippen LogP contribution in [0.5, 0.6) is 5.75 Å². The molecule has 2 saturated carbocycles. The van der Waals surface area contributed by atoms with Gasteiger partial charge in [-0.2, -0.15) is 4.99 Å². The highest BCUT2D eigenvalue weighted by Gasteiger charge is 2.49. The van der Waals surface area contributed by atoms with Gasteiger partial charge in [0.05, 0.1) is 29.6 Å². The van der Waals surface area contributed by atoms with Crippen molar-refractivity contribution in [2.45, 2.75) is 38.0 Å². The van der Waals surface area contributed by atoms with Crippen LogP contribution in [0.1, 0.15) is 41.6 Å². The van der Waals surface area contributed by atoms with Gasteiger partial charge < -0.3 is 30.9 Å². The van der Waals surface area contributed by atoms with E-state index in [2.05, 4.69) is 20.7 Å². The van der Waals surface area contributed by atoms with E-state index in [-0.39, 0.29) is 35.4 Å². The molecule has 0 aliphatic heterocycles. The predicted molar refractivity (Wildman–Crippen MR) is 140 cm³/mol. The monoisotopic (exact) mass is 540 g/mol. The molecule has 2 aliphatic carbocycles. The predicted octanol–water partition coefficient (Wildman–Crippen LogP) is -0.111. The highest BCUT2D eigenvalue weighted by molar-refractivity contribution is 6.03. The third-order valence-electron chi connectivity index (χ3n) is 6.23. The number of hydrogen-bond acceptors (Lipinski definition) is 10. The molecule has 2 aliphatic rings. The van der Waals surface area contributed by atoms with Gasteiger partial charge in [0.25, 0.3) is 11.8 Å². The maximum absolute atomic E-state index is 12.9. The zero-order chi connectivity index (χ0) is 28.3. The number of hydrazone groups is 1. The molecule has 14 heteroatoms. The Hall–Kier alpha value is -4.43. The van der Waals surface area contributed by atoms with Gasteiger partial charge in [-0.05, 0) is 37.8 Å². The standard InChI is InChI=1S/C25H32N8O6/c1-28-23(35)16-12-33(13-39-24(36)25(37)9-10-25)19(30-22(34)14-7-8-14)11-18(16)29-17-6-4-5-15(20(17)38-3)21(26)31-32(2)27/h4-6,11-12,14,29,37H,7-10,13,27H2,1-3H3,(H2,26,31)(H,28,35)/b30-19+. The van der Waals surface area contributed by atoms with Crippen LogP contribution in [0, 0.1) is 5.92 Å². The lowest BCUT2D eigenvalue weighted by molar-refractivity contribution is -0.160. The molecule has 2 aromatic rings. The normalized spacial score (nSPS) is 16.3. The van der Waals surface area contributed by atoms with E-state index in [1.165, 1.54) is 38.0 Å². The molecule has 0 bridgehead atoms. The minimum atomic E-state index is -1.49. The Labute approximate surface area is 224 Å². The third-order valence-corrected chi connectivity index (χ3v) is 6.23. The number of hydrazine groups is 1. The van der Waals surface area contributed by atoms with Crippen LogP contribution in [0.3, 0.4) is 0 Å². The summed E-state index contributed by atoms with van der Waals surface area (Å²) in [6.45, 7) is -0.361.